The number of ether oxygens (including phenoxy) is 4. The number of carbonyl (C=O) groups is 3. The lowest BCUT2D eigenvalue weighted by molar-refractivity contribution is -0.139. The van der Waals surface area contributed by atoms with Crippen LogP contribution in [0.1, 0.15) is 32.8 Å². The minimum Gasteiger partial charge on any atom is -0.497 e. The van der Waals surface area contributed by atoms with E-state index < -0.39 is 11.8 Å². The molecule has 2 aromatic carbocycles. The van der Waals surface area contributed by atoms with Gasteiger partial charge in [-0.1, -0.05) is 0 Å². The summed E-state index contributed by atoms with van der Waals surface area (Å²) in [5.74, 6) is -0.510. The Morgan fingerprint density at radius 2 is 1.82 bits per heavy atom. The molecule has 0 aliphatic heterocycles. The van der Waals surface area contributed by atoms with E-state index in [4.69, 9.17) is 18.9 Å². The normalized spacial score (nSPS) is 10.8. The molecular formula is C26H33IN4O7. The lowest BCUT2D eigenvalue weighted by Gasteiger charge is -2.14. The predicted molar refractivity (Wildman–Crippen MR) is 152 cm³/mol. The van der Waals surface area contributed by atoms with Crippen molar-refractivity contribution in [1.82, 2.24) is 10.7 Å². The maximum atomic E-state index is 12.4. The van der Waals surface area contributed by atoms with E-state index in [0.717, 1.165) is 0 Å². The van der Waals surface area contributed by atoms with Crippen molar-refractivity contribution in [3.63, 3.8) is 0 Å². The van der Waals surface area contributed by atoms with Gasteiger partial charge in [0.05, 0.1) is 29.6 Å². The van der Waals surface area contributed by atoms with Crippen molar-refractivity contribution < 1.29 is 33.3 Å². The Morgan fingerprint density at radius 1 is 1.08 bits per heavy atom. The average molecular weight is 640 g/mol. The van der Waals surface area contributed by atoms with Gasteiger partial charge in [0.25, 0.3) is 5.91 Å². The second-order valence-corrected chi connectivity index (χ2v) is 9.22. The van der Waals surface area contributed by atoms with E-state index in [1.807, 2.05) is 20.8 Å². The molecular weight excluding hydrogens is 607 g/mol. The maximum absolute atomic E-state index is 12.4. The molecule has 0 radical (unpaired) electrons. The Hall–Kier alpha value is -3.39. The largest absolute Gasteiger partial charge is 0.497 e. The Labute approximate surface area is 235 Å². The zero-order valence-corrected chi connectivity index (χ0v) is 24.0. The van der Waals surface area contributed by atoms with Crippen LogP contribution in [0.2, 0.25) is 0 Å². The quantitative estimate of drug-likeness (QED) is 0.0950. The van der Waals surface area contributed by atoms with E-state index in [2.05, 4.69) is 43.8 Å². The Bertz CT molecular complexity index is 1110. The van der Waals surface area contributed by atoms with Gasteiger partial charge in [-0.3, -0.25) is 14.4 Å². The summed E-state index contributed by atoms with van der Waals surface area (Å²) in [7, 11) is 1.57. The van der Waals surface area contributed by atoms with Crippen LogP contribution in [0.5, 0.6) is 17.2 Å². The summed E-state index contributed by atoms with van der Waals surface area (Å²) < 4.78 is 22.6. The Morgan fingerprint density at radius 3 is 2.47 bits per heavy atom. The van der Waals surface area contributed by atoms with E-state index in [9.17, 15) is 14.4 Å². The molecule has 0 spiro atoms. The van der Waals surface area contributed by atoms with E-state index in [-0.39, 0.29) is 18.6 Å². The van der Waals surface area contributed by atoms with Gasteiger partial charge >= 0.3 is 11.8 Å². The van der Waals surface area contributed by atoms with Gasteiger partial charge in [0.1, 0.15) is 5.75 Å². The van der Waals surface area contributed by atoms with Gasteiger partial charge < -0.3 is 29.6 Å². The SMILES string of the molecule is CCOc1cc(/C=N\NC(=O)C(=O)NCCCOC(C)C)cc(I)c1OCC(=O)Nc1ccc(OC)cc1. The van der Waals surface area contributed by atoms with E-state index in [1.54, 1.807) is 43.5 Å². The highest BCUT2D eigenvalue weighted by atomic mass is 127. The molecule has 0 aromatic heterocycles. The molecule has 3 amide bonds. The van der Waals surface area contributed by atoms with Gasteiger partial charge in [-0.25, -0.2) is 5.43 Å². The van der Waals surface area contributed by atoms with Crippen molar-refractivity contribution >= 4 is 52.2 Å². The molecule has 11 nitrogen and oxygen atoms in total. The highest BCUT2D eigenvalue weighted by Crippen LogP contribution is 2.34. The second kappa shape index (κ2) is 16.5. The molecule has 0 saturated heterocycles. The third-order valence-corrected chi connectivity index (χ3v) is 5.50. The molecule has 2 aromatic rings. The van der Waals surface area contributed by atoms with Gasteiger partial charge in [-0.15, -0.1) is 0 Å². The number of hydrazone groups is 1. The fourth-order valence-corrected chi connectivity index (χ4v) is 3.75. The number of anilines is 1. The number of carbonyl (C=O) groups excluding carboxylic acids is 3. The Kier molecular flexibility index (Phi) is 13.3. The van der Waals surface area contributed by atoms with E-state index >= 15 is 0 Å². The minimum absolute atomic E-state index is 0.111. The molecule has 0 fully saturated rings. The molecule has 0 heterocycles. The summed E-state index contributed by atoms with van der Waals surface area (Å²) in [6.07, 6.45) is 2.09. The van der Waals surface area contributed by atoms with E-state index in [1.165, 1.54) is 6.21 Å². The van der Waals surface area contributed by atoms with Gasteiger partial charge in [0.15, 0.2) is 18.1 Å². The van der Waals surface area contributed by atoms with Gasteiger partial charge in [-0.2, -0.15) is 5.10 Å². The van der Waals surface area contributed by atoms with Gasteiger partial charge in [0, 0.05) is 18.8 Å². The summed E-state index contributed by atoms with van der Waals surface area (Å²) in [5, 5.41) is 9.12. The van der Waals surface area contributed by atoms with E-state index in [0.29, 0.717) is 58.2 Å². The summed E-state index contributed by atoms with van der Waals surface area (Å²) in [6, 6.07) is 10.3. The molecule has 0 aliphatic rings. The molecule has 206 valence electrons. The number of nitrogens with zero attached hydrogens (tertiary/aromatic N) is 1. The molecule has 0 unspecified atom stereocenters. The number of nitrogens with one attached hydrogen (secondary N) is 3. The van der Waals surface area contributed by atoms with Crippen molar-refractivity contribution in [1.29, 1.82) is 0 Å². The first-order valence-corrected chi connectivity index (χ1v) is 13.1. The highest BCUT2D eigenvalue weighted by molar-refractivity contribution is 14.1. The zero-order chi connectivity index (χ0) is 27.9. The molecule has 0 aliphatic carbocycles. The van der Waals surface area contributed by atoms with Crippen molar-refractivity contribution in [2.24, 2.45) is 5.10 Å². The maximum Gasteiger partial charge on any atom is 0.329 e. The number of amides is 3. The average Bonchev–Trinajstić information content (AvgIpc) is 2.88. The number of hydrogen-bond donors (Lipinski definition) is 3. The summed E-state index contributed by atoms with van der Waals surface area (Å²) in [4.78, 5) is 36.2. The van der Waals surface area contributed by atoms with Gasteiger partial charge in [0.2, 0.25) is 0 Å². The van der Waals surface area contributed by atoms with Crippen molar-refractivity contribution in [2.45, 2.75) is 33.3 Å². The summed E-state index contributed by atoms with van der Waals surface area (Å²) >= 11 is 2.06. The molecule has 2 rings (SSSR count). The Balaban J connectivity index is 1.92. The second-order valence-electron chi connectivity index (χ2n) is 8.06. The number of halogens is 1. The number of hydrogen-bond acceptors (Lipinski definition) is 8. The third-order valence-electron chi connectivity index (χ3n) is 4.70. The third kappa shape index (κ3) is 10.9. The van der Waals surface area contributed by atoms with Crippen molar-refractivity contribution in [2.75, 3.05) is 38.8 Å². The fourth-order valence-electron chi connectivity index (χ4n) is 2.96. The summed E-state index contributed by atoms with van der Waals surface area (Å²) in [6.45, 7) is 6.61. The minimum atomic E-state index is -0.881. The molecule has 3 N–H and O–H groups in total. The lowest BCUT2D eigenvalue weighted by Crippen LogP contribution is -2.38. The van der Waals surface area contributed by atoms with Crippen LogP contribution in [-0.2, 0) is 19.1 Å². The first kappa shape index (κ1) is 30.8. The van der Waals surface area contributed by atoms with Crippen LogP contribution in [0.25, 0.3) is 0 Å². The van der Waals surface area contributed by atoms with Crippen LogP contribution in [0.3, 0.4) is 0 Å². The fraction of sp³-hybridized carbons (Fsp3) is 0.385. The van der Waals surface area contributed by atoms with Gasteiger partial charge in [-0.05, 0) is 91.7 Å². The van der Waals surface area contributed by atoms with Crippen LogP contribution in [0.15, 0.2) is 41.5 Å². The number of methoxy groups -OCH3 is 1. The van der Waals surface area contributed by atoms with Crippen molar-refractivity contribution in [3.05, 3.63) is 45.5 Å². The standard InChI is InChI=1S/C26H33IN4O7/c1-5-36-22-14-18(15-29-31-26(34)25(33)28-11-6-12-37-17(2)3)13-21(27)24(22)38-16-23(32)30-19-7-9-20(35-4)10-8-19/h7-10,13-15,17H,5-6,11-12,16H2,1-4H3,(H,28,33)(H,30,32)(H,31,34)/b29-15-. The van der Waals surface area contributed by atoms with Crippen LogP contribution >= 0.6 is 22.6 Å². The number of benzene rings is 2. The highest BCUT2D eigenvalue weighted by Gasteiger charge is 2.15. The molecule has 0 bridgehead atoms. The smallest absolute Gasteiger partial charge is 0.329 e. The topological polar surface area (TPSA) is 137 Å². The lowest BCUT2D eigenvalue weighted by atomic mass is 10.2. The van der Waals surface area contributed by atoms with Crippen LogP contribution in [0.4, 0.5) is 5.69 Å². The van der Waals surface area contributed by atoms with Crippen molar-refractivity contribution in [3.8, 4) is 17.2 Å². The monoisotopic (exact) mass is 640 g/mol. The zero-order valence-electron chi connectivity index (χ0n) is 21.8. The first-order valence-electron chi connectivity index (χ1n) is 12.0. The van der Waals surface area contributed by atoms with Crippen LogP contribution in [-0.4, -0.2) is 63.5 Å². The molecule has 0 saturated carbocycles. The summed E-state index contributed by atoms with van der Waals surface area (Å²) in [5.41, 5.74) is 3.41. The molecule has 38 heavy (non-hydrogen) atoms. The predicted octanol–water partition coefficient (Wildman–Crippen LogP) is 3.10. The van der Waals surface area contributed by atoms with Crippen LogP contribution < -0.4 is 30.3 Å². The first-order chi connectivity index (χ1) is 18.2. The molecule has 12 heteroatoms. The number of rotatable bonds is 14. The molecule has 0 atom stereocenters. The van der Waals surface area contributed by atoms with Crippen LogP contribution in [0, 0.1) is 3.57 Å².